The molecule has 2 N–H and O–H groups in total. The summed E-state index contributed by atoms with van der Waals surface area (Å²) in [6.07, 6.45) is 7.73. The first-order chi connectivity index (χ1) is 10.1. The summed E-state index contributed by atoms with van der Waals surface area (Å²) >= 11 is 0. The lowest BCUT2D eigenvalue weighted by molar-refractivity contribution is 0.140. The van der Waals surface area contributed by atoms with E-state index in [0.29, 0.717) is 0 Å². The van der Waals surface area contributed by atoms with Gasteiger partial charge in [0, 0.05) is 32.7 Å². The van der Waals surface area contributed by atoms with Gasteiger partial charge in [-0.25, -0.2) is 0 Å². The minimum absolute atomic E-state index is 0.775. The molecule has 2 aliphatic rings. The molecule has 2 fully saturated rings. The van der Waals surface area contributed by atoms with Crippen molar-refractivity contribution in [3.63, 3.8) is 0 Å². The molecule has 0 bridgehead atoms. The van der Waals surface area contributed by atoms with Gasteiger partial charge in [-0.15, -0.1) is 0 Å². The average molecular weight is 294 g/mol. The van der Waals surface area contributed by atoms with Crippen molar-refractivity contribution < 1.29 is 0 Å². The minimum atomic E-state index is 0.775. The van der Waals surface area contributed by atoms with Gasteiger partial charge in [0.1, 0.15) is 0 Å². The standard InChI is InChI=1S/C17H34N4/c1-15-12-16(2)14-20(13-15)9-7-8-19-17(18)21-10-5-3-4-6-11-21/h15-16H,3-14H2,1-2H3,(H2,18,19). The van der Waals surface area contributed by atoms with Gasteiger partial charge >= 0.3 is 0 Å². The number of hydrogen-bond acceptors (Lipinski definition) is 2. The predicted octanol–water partition coefficient (Wildman–Crippen LogP) is 2.55. The Morgan fingerprint density at radius 3 is 2.29 bits per heavy atom. The van der Waals surface area contributed by atoms with Crippen LogP contribution < -0.4 is 5.73 Å². The van der Waals surface area contributed by atoms with Crippen LogP contribution in [0, 0.1) is 11.8 Å². The lowest BCUT2D eigenvalue weighted by atomic mass is 9.92. The number of likely N-dealkylation sites (tertiary alicyclic amines) is 2. The molecule has 0 spiro atoms. The predicted molar refractivity (Wildman–Crippen MR) is 90.5 cm³/mol. The normalized spacial score (nSPS) is 29.4. The Labute approximate surface area is 130 Å². The summed E-state index contributed by atoms with van der Waals surface area (Å²) in [4.78, 5) is 9.49. The number of piperidine rings is 1. The average Bonchev–Trinajstić information content (AvgIpc) is 2.71. The SMILES string of the molecule is CC1CC(C)CN(CCCN=C(N)N2CCCCCC2)C1. The van der Waals surface area contributed by atoms with E-state index in [4.69, 9.17) is 5.73 Å². The second-order valence-electron chi connectivity index (χ2n) is 7.20. The number of aliphatic imine (C=N–C) groups is 1. The van der Waals surface area contributed by atoms with Crippen LogP contribution in [-0.4, -0.2) is 55.0 Å². The molecule has 2 unspecified atom stereocenters. The van der Waals surface area contributed by atoms with Crippen molar-refractivity contribution in [2.75, 3.05) is 39.3 Å². The van der Waals surface area contributed by atoms with Crippen LogP contribution in [0.25, 0.3) is 0 Å². The van der Waals surface area contributed by atoms with E-state index < -0.39 is 0 Å². The number of hydrogen-bond donors (Lipinski definition) is 1. The van der Waals surface area contributed by atoms with Gasteiger partial charge in [0.2, 0.25) is 0 Å². The van der Waals surface area contributed by atoms with E-state index in [9.17, 15) is 0 Å². The van der Waals surface area contributed by atoms with Crippen molar-refractivity contribution in [2.24, 2.45) is 22.6 Å². The van der Waals surface area contributed by atoms with E-state index in [1.54, 1.807) is 0 Å². The lowest BCUT2D eigenvalue weighted by Crippen LogP contribution is -2.40. The Kier molecular flexibility index (Phi) is 6.81. The monoisotopic (exact) mass is 294 g/mol. The summed E-state index contributed by atoms with van der Waals surface area (Å²) in [5.74, 6) is 2.47. The molecule has 0 aliphatic carbocycles. The Hall–Kier alpha value is -0.770. The van der Waals surface area contributed by atoms with Gasteiger partial charge in [-0.3, -0.25) is 4.99 Å². The quantitative estimate of drug-likeness (QED) is 0.492. The fourth-order valence-electron chi connectivity index (χ4n) is 3.86. The second-order valence-corrected chi connectivity index (χ2v) is 7.20. The number of rotatable bonds is 4. The summed E-state index contributed by atoms with van der Waals surface area (Å²) in [6.45, 7) is 11.5. The molecule has 2 saturated heterocycles. The first-order valence-corrected chi connectivity index (χ1v) is 8.92. The highest BCUT2D eigenvalue weighted by atomic mass is 15.2. The topological polar surface area (TPSA) is 44.9 Å². The molecular weight excluding hydrogens is 260 g/mol. The zero-order valence-corrected chi connectivity index (χ0v) is 14.1. The Morgan fingerprint density at radius 2 is 1.67 bits per heavy atom. The van der Waals surface area contributed by atoms with Gasteiger partial charge in [0.05, 0.1) is 0 Å². The van der Waals surface area contributed by atoms with E-state index in [0.717, 1.165) is 43.9 Å². The van der Waals surface area contributed by atoms with Crippen LogP contribution in [0.2, 0.25) is 0 Å². The Morgan fingerprint density at radius 1 is 1.05 bits per heavy atom. The van der Waals surface area contributed by atoms with Crippen LogP contribution in [0.1, 0.15) is 52.4 Å². The molecule has 2 aliphatic heterocycles. The number of guanidine groups is 1. The van der Waals surface area contributed by atoms with E-state index in [1.807, 2.05) is 0 Å². The summed E-state index contributed by atoms with van der Waals surface area (Å²) in [6, 6.07) is 0. The molecule has 4 heteroatoms. The lowest BCUT2D eigenvalue weighted by Gasteiger charge is -2.34. The number of nitrogens with zero attached hydrogens (tertiary/aromatic N) is 3. The largest absolute Gasteiger partial charge is 0.370 e. The van der Waals surface area contributed by atoms with Crippen LogP contribution in [0.5, 0.6) is 0 Å². The molecule has 0 radical (unpaired) electrons. The van der Waals surface area contributed by atoms with E-state index in [2.05, 4.69) is 28.6 Å². The van der Waals surface area contributed by atoms with Crippen molar-refractivity contribution in [3.05, 3.63) is 0 Å². The van der Waals surface area contributed by atoms with Crippen LogP contribution in [0.4, 0.5) is 0 Å². The zero-order valence-electron chi connectivity index (χ0n) is 14.1. The third-order valence-electron chi connectivity index (χ3n) is 4.78. The molecule has 0 aromatic rings. The first-order valence-electron chi connectivity index (χ1n) is 8.92. The summed E-state index contributed by atoms with van der Waals surface area (Å²) in [5, 5.41) is 0. The van der Waals surface area contributed by atoms with Crippen molar-refractivity contribution in [1.29, 1.82) is 0 Å². The Balaban J connectivity index is 1.66. The highest BCUT2D eigenvalue weighted by Crippen LogP contribution is 2.20. The van der Waals surface area contributed by atoms with Crippen LogP contribution >= 0.6 is 0 Å². The van der Waals surface area contributed by atoms with Gasteiger partial charge in [0.15, 0.2) is 5.96 Å². The van der Waals surface area contributed by atoms with Crippen LogP contribution in [0.3, 0.4) is 0 Å². The first kappa shape index (κ1) is 16.6. The fourth-order valence-corrected chi connectivity index (χ4v) is 3.86. The van der Waals surface area contributed by atoms with Crippen molar-refractivity contribution in [3.8, 4) is 0 Å². The molecule has 0 amide bonds. The third kappa shape index (κ3) is 5.85. The van der Waals surface area contributed by atoms with Crippen molar-refractivity contribution >= 4 is 5.96 Å². The maximum atomic E-state index is 6.14. The van der Waals surface area contributed by atoms with E-state index >= 15 is 0 Å². The van der Waals surface area contributed by atoms with E-state index in [1.165, 1.54) is 51.7 Å². The maximum Gasteiger partial charge on any atom is 0.191 e. The summed E-state index contributed by atoms with van der Waals surface area (Å²) in [5.41, 5.74) is 6.14. The number of nitrogens with two attached hydrogens (primary N) is 1. The second kappa shape index (κ2) is 8.62. The van der Waals surface area contributed by atoms with Gasteiger partial charge in [-0.1, -0.05) is 26.7 Å². The zero-order chi connectivity index (χ0) is 15.1. The van der Waals surface area contributed by atoms with Gasteiger partial charge in [0.25, 0.3) is 0 Å². The molecule has 2 heterocycles. The summed E-state index contributed by atoms with van der Waals surface area (Å²) < 4.78 is 0. The molecule has 0 aromatic heterocycles. The maximum absolute atomic E-state index is 6.14. The Bertz CT molecular complexity index is 311. The molecule has 21 heavy (non-hydrogen) atoms. The van der Waals surface area contributed by atoms with E-state index in [-0.39, 0.29) is 0 Å². The van der Waals surface area contributed by atoms with Crippen LogP contribution in [0.15, 0.2) is 4.99 Å². The van der Waals surface area contributed by atoms with Gasteiger partial charge < -0.3 is 15.5 Å². The van der Waals surface area contributed by atoms with Crippen molar-refractivity contribution in [1.82, 2.24) is 9.80 Å². The molecule has 2 rings (SSSR count). The highest BCUT2D eigenvalue weighted by Gasteiger charge is 2.21. The molecule has 0 saturated carbocycles. The molecular formula is C17H34N4. The summed E-state index contributed by atoms with van der Waals surface area (Å²) in [7, 11) is 0. The fraction of sp³-hybridized carbons (Fsp3) is 0.941. The van der Waals surface area contributed by atoms with Gasteiger partial charge in [-0.2, -0.15) is 0 Å². The highest BCUT2D eigenvalue weighted by molar-refractivity contribution is 5.78. The van der Waals surface area contributed by atoms with Gasteiger partial charge in [-0.05, 0) is 44.1 Å². The van der Waals surface area contributed by atoms with Crippen molar-refractivity contribution in [2.45, 2.75) is 52.4 Å². The molecule has 122 valence electrons. The third-order valence-corrected chi connectivity index (χ3v) is 4.78. The molecule has 2 atom stereocenters. The van der Waals surface area contributed by atoms with Crippen LogP contribution in [-0.2, 0) is 0 Å². The smallest absolute Gasteiger partial charge is 0.191 e. The minimum Gasteiger partial charge on any atom is -0.370 e. The molecule has 4 nitrogen and oxygen atoms in total. The molecule has 0 aromatic carbocycles.